The highest BCUT2D eigenvalue weighted by Gasteiger charge is 2.25. The van der Waals surface area contributed by atoms with Gasteiger partial charge in [0.2, 0.25) is 15.8 Å². The van der Waals surface area contributed by atoms with Crippen molar-refractivity contribution in [2.45, 2.75) is 19.4 Å². The van der Waals surface area contributed by atoms with Gasteiger partial charge < -0.3 is 5.32 Å². The summed E-state index contributed by atoms with van der Waals surface area (Å²) in [4.78, 5) is 10.2. The van der Waals surface area contributed by atoms with E-state index in [1.807, 2.05) is 0 Å². The maximum Gasteiger partial charge on any atom is 0.330 e. The molecule has 2 N–H and O–H groups in total. The van der Waals surface area contributed by atoms with Crippen LogP contribution in [0.3, 0.4) is 0 Å². The first-order valence-electron chi connectivity index (χ1n) is 5.41. The van der Waals surface area contributed by atoms with Crippen LogP contribution >= 0.6 is 0 Å². The third-order valence-electron chi connectivity index (χ3n) is 2.17. The first kappa shape index (κ1) is 15.4. The summed E-state index contributed by atoms with van der Waals surface area (Å²) in [6.45, 7) is 3.49. The quantitative estimate of drug-likeness (QED) is 0.565. The molecule has 0 radical (unpaired) electrons. The highest BCUT2D eigenvalue weighted by Crippen LogP contribution is 2.22. The van der Waals surface area contributed by atoms with E-state index in [1.54, 1.807) is 20.9 Å². The van der Waals surface area contributed by atoms with Gasteiger partial charge in [-0.05, 0) is 13.8 Å². The van der Waals surface area contributed by atoms with E-state index in [-0.39, 0.29) is 18.1 Å². The van der Waals surface area contributed by atoms with E-state index in [1.165, 1.54) is 10.9 Å². The molecule has 0 unspecified atom stereocenters. The van der Waals surface area contributed by atoms with Crippen molar-refractivity contribution in [3.8, 4) is 0 Å². The van der Waals surface area contributed by atoms with Gasteiger partial charge in [0.15, 0.2) is 0 Å². The Kier molecular flexibility index (Phi) is 4.15. The highest BCUT2D eigenvalue weighted by molar-refractivity contribution is 7.88. The molecule has 0 fully saturated rings. The Bertz CT molecular complexity index is 577. The number of hydrogen-bond acceptors (Lipinski definition) is 6. The topological polar surface area (TPSA) is 119 Å². The normalized spacial score (nSPS) is 12.4. The number of sulfonamides is 1. The fourth-order valence-corrected chi connectivity index (χ4v) is 2.65. The van der Waals surface area contributed by atoms with Gasteiger partial charge in [-0.2, -0.15) is 0 Å². The molecule has 1 aromatic rings. The molecule has 19 heavy (non-hydrogen) atoms. The zero-order chi connectivity index (χ0) is 14.8. The molecule has 1 rings (SSSR count). The Hall–Kier alpha value is -1.68. The van der Waals surface area contributed by atoms with E-state index in [0.717, 1.165) is 6.26 Å². The lowest BCUT2D eigenvalue weighted by molar-refractivity contribution is -0.384. The standard InChI is InChI=1S/C9H17N5O4S/c1-9(2,12-19(4,17)18)6-10-8-7(14(15)16)5-13(3)11-8/h5,12H,6H2,1-4H3,(H,10,11). The molecule has 10 heteroatoms. The first-order chi connectivity index (χ1) is 8.50. The van der Waals surface area contributed by atoms with E-state index in [9.17, 15) is 18.5 Å². The predicted octanol–water partition coefficient (Wildman–Crippen LogP) is 0.0680. The zero-order valence-corrected chi connectivity index (χ0v) is 12.0. The number of rotatable bonds is 6. The largest absolute Gasteiger partial charge is 0.361 e. The van der Waals surface area contributed by atoms with Crippen LogP contribution in [0.25, 0.3) is 0 Å². The van der Waals surface area contributed by atoms with E-state index in [4.69, 9.17) is 0 Å². The van der Waals surface area contributed by atoms with Crippen LogP contribution in [0.2, 0.25) is 0 Å². The average Bonchev–Trinajstić information content (AvgIpc) is 2.53. The van der Waals surface area contributed by atoms with Crippen LogP contribution in [0.4, 0.5) is 11.5 Å². The SMILES string of the molecule is Cn1cc([N+](=O)[O-])c(NCC(C)(C)NS(C)(=O)=O)n1. The highest BCUT2D eigenvalue weighted by atomic mass is 32.2. The van der Waals surface area contributed by atoms with Gasteiger partial charge in [0.05, 0.1) is 11.2 Å². The summed E-state index contributed by atoms with van der Waals surface area (Å²) in [5.41, 5.74) is -0.948. The Morgan fingerprint density at radius 3 is 2.58 bits per heavy atom. The number of nitrogens with one attached hydrogen (secondary N) is 2. The van der Waals surface area contributed by atoms with Gasteiger partial charge in [0.1, 0.15) is 6.20 Å². The number of aryl methyl sites for hydroxylation is 1. The van der Waals surface area contributed by atoms with Gasteiger partial charge in [-0.3, -0.25) is 14.8 Å². The fraction of sp³-hybridized carbons (Fsp3) is 0.667. The van der Waals surface area contributed by atoms with Crippen LogP contribution in [-0.2, 0) is 17.1 Å². The van der Waals surface area contributed by atoms with E-state index < -0.39 is 20.5 Å². The van der Waals surface area contributed by atoms with Crippen LogP contribution in [0.1, 0.15) is 13.8 Å². The van der Waals surface area contributed by atoms with Gasteiger partial charge in [-0.25, -0.2) is 13.1 Å². The van der Waals surface area contributed by atoms with Crippen molar-refractivity contribution in [2.75, 3.05) is 18.1 Å². The third kappa shape index (κ3) is 4.83. The van der Waals surface area contributed by atoms with Crippen molar-refractivity contribution in [1.82, 2.24) is 14.5 Å². The van der Waals surface area contributed by atoms with Gasteiger partial charge in [0, 0.05) is 19.1 Å². The van der Waals surface area contributed by atoms with Crippen molar-refractivity contribution in [1.29, 1.82) is 0 Å². The molecule has 0 saturated heterocycles. The Morgan fingerprint density at radius 1 is 1.53 bits per heavy atom. The molecule has 1 aromatic heterocycles. The first-order valence-corrected chi connectivity index (χ1v) is 7.30. The van der Waals surface area contributed by atoms with Crippen LogP contribution in [-0.4, -0.2) is 41.5 Å². The third-order valence-corrected chi connectivity index (χ3v) is 3.09. The second-order valence-electron chi connectivity index (χ2n) is 4.91. The van der Waals surface area contributed by atoms with E-state index in [0.29, 0.717) is 0 Å². The molecule has 0 aliphatic heterocycles. The van der Waals surface area contributed by atoms with Crippen molar-refractivity contribution >= 4 is 21.5 Å². The summed E-state index contributed by atoms with van der Waals surface area (Å²) in [7, 11) is -1.79. The smallest absolute Gasteiger partial charge is 0.330 e. The lowest BCUT2D eigenvalue weighted by atomic mass is 10.1. The number of nitrogens with zero attached hydrogens (tertiary/aromatic N) is 3. The lowest BCUT2D eigenvalue weighted by Gasteiger charge is -2.25. The lowest BCUT2D eigenvalue weighted by Crippen LogP contribution is -2.47. The number of nitro groups is 1. The summed E-state index contributed by atoms with van der Waals surface area (Å²) in [5, 5.41) is 17.5. The minimum Gasteiger partial charge on any atom is -0.361 e. The molecular weight excluding hydrogens is 274 g/mol. The Balaban J connectivity index is 2.79. The van der Waals surface area contributed by atoms with Crippen molar-refractivity contribution in [3.63, 3.8) is 0 Å². The van der Waals surface area contributed by atoms with Crippen LogP contribution in [0.15, 0.2) is 6.20 Å². The summed E-state index contributed by atoms with van der Waals surface area (Å²) in [6.07, 6.45) is 2.33. The second kappa shape index (κ2) is 5.13. The van der Waals surface area contributed by atoms with E-state index >= 15 is 0 Å². The van der Waals surface area contributed by atoms with Crippen LogP contribution in [0, 0.1) is 10.1 Å². The number of anilines is 1. The minimum absolute atomic E-state index is 0.107. The van der Waals surface area contributed by atoms with Crippen molar-refractivity contribution in [3.05, 3.63) is 16.3 Å². The maximum atomic E-state index is 11.2. The average molecular weight is 291 g/mol. The molecule has 0 atom stereocenters. The zero-order valence-electron chi connectivity index (χ0n) is 11.2. The molecule has 0 amide bonds. The fourth-order valence-electron chi connectivity index (χ4n) is 1.58. The summed E-state index contributed by atoms with van der Waals surface area (Å²) < 4.78 is 26.1. The van der Waals surface area contributed by atoms with E-state index in [2.05, 4.69) is 15.1 Å². The maximum absolute atomic E-state index is 11.2. The van der Waals surface area contributed by atoms with Gasteiger partial charge in [0.25, 0.3) is 0 Å². The molecule has 108 valence electrons. The molecular formula is C9H17N5O4S. The summed E-state index contributed by atoms with van der Waals surface area (Å²) >= 11 is 0. The minimum atomic E-state index is -3.36. The monoisotopic (exact) mass is 291 g/mol. The van der Waals surface area contributed by atoms with Gasteiger partial charge in [-0.15, -0.1) is 5.10 Å². The summed E-state index contributed by atoms with van der Waals surface area (Å²) in [6, 6.07) is 0. The second-order valence-corrected chi connectivity index (χ2v) is 6.65. The predicted molar refractivity (Wildman–Crippen MR) is 70.4 cm³/mol. The van der Waals surface area contributed by atoms with Crippen molar-refractivity contribution < 1.29 is 13.3 Å². The Labute approximate surface area is 111 Å². The Morgan fingerprint density at radius 2 is 2.11 bits per heavy atom. The van der Waals surface area contributed by atoms with Gasteiger partial charge >= 0.3 is 5.69 Å². The molecule has 9 nitrogen and oxygen atoms in total. The number of hydrogen-bond donors (Lipinski definition) is 2. The van der Waals surface area contributed by atoms with Crippen molar-refractivity contribution in [2.24, 2.45) is 7.05 Å². The van der Waals surface area contributed by atoms with Crippen LogP contribution in [0.5, 0.6) is 0 Å². The molecule has 0 aliphatic rings. The van der Waals surface area contributed by atoms with Gasteiger partial charge in [-0.1, -0.05) is 0 Å². The molecule has 1 heterocycles. The molecule has 0 spiro atoms. The molecule has 0 aromatic carbocycles. The molecule has 0 aliphatic carbocycles. The van der Waals surface area contributed by atoms with Crippen LogP contribution < -0.4 is 10.0 Å². The molecule has 0 bridgehead atoms. The number of aromatic nitrogens is 2. The summed E-state index contributed by atoms with van der Waals surface area (Å²) in [5.74, 6) is 0.107. The molecule has 0 saturated carbocycles.